The highest BCUT2D eigenvalue weighted by Crippen LogP contribution is 2.35. The van der Waals surface area contributed by atoms with Gasteiger partial charge in [-0.1, -0.05) is 43.8 Å². The van der Waals surface area contributed by atoms with Gasteiger partial charge in [0.05, 0.1) is 0 Å². The summed E-state index contributed by atoms with van der Waals surface area (Å²) in [4.78, 5) is 96.6. The summed E-state index contributed by atoms with van der Waals surface area (Å²) < 4.78 is 25.2. The fourth-order valence-corrected chi connectivity index (χ4v) is 9.67. The number of benzene rings is 4. The normalized spacial score (nSPS) is 20.0. The Kier molecular flexibility index (Phi) is 19.6. The van der Waals surface area contributed by atoms with E-state index in [1.54, 1.807) is 9.80 Å². The van der Waals surface area contributed by atoms with E-state index in [0.29, 0.717) is 60.7 Å². The first-order valence-corrected chi connectivity index (χ1v) is 22.9. The number of nitrogens with one attached hydrogen (secondary N) is 3. The van der Waals surface area contributed by atoms with Gasteiger partial charge in [-0.15, -0.1) is 12.4 Å². The van der Waals surface area contributed by atoms with Crippen molar-refractivity contribution in [2.45, 2.75) is 102 Å². The Labute approximate surface area is 411 Å². The quantitative estimate of drug-likeness (QED) is 0.120. The van der Waals surface area contributed by atoms with Crippen LogP contribution in [0.5, 0.6) is 0 Å². The standard InChI is InChI=1S/C25H26FN3O3.C18H21N3O3.C7H5FO.CH2O2.CH4.ClH/c26-20-4-1-16(2-5-20)14-28-11-9-17(10-12-28)18-3-6-21-19(13-18)15-29(25(21)32)22-7-8-23(30)27-24(22)31;22-16-4-3-15(17(23)20-16)21-10-13-9-12(1-2-14(13)18(21)24)11-5-7-19-8-6-11;8-7-3-1-6(5-9)2-4-7;2-1-3;;/h1-6,13,17,22H,7-12,14-15H2,(H,27,30,31);1-2,9,11,15,19H,3-8,10H2,(H,20,22,23);1-5H;1H,(H,2,3);1H4;1H. The number of aldehydes is 1. The number of hydrogen-bond donors (Lipinski definition) is 4. The van der Waals surface area contributed by atoms with Crippen LogP contribution in [-0.2, 0) is 43.6 Å². The van der Waals surface area contributed by atoms with E-state index in [1.165, 1.54) is 47.5 Å². The van der Waals surface area contributed by atoms with Crippen LogP contribution >= 0.6 is 12.4 Å². The highest BCUT2D eigenvalue weighted by Gasteiger charge is 2.41. The van der Waals surface area contributed by atoms with Gasteiger partial charge in [0.25, 0.3) is 18.3 Å². The van der Waals surface area contributed by atoms with Crippen molar-refractivity contribution in [1.82, 2.24) is 30.7 Å². The van der Waals surface area contributed by atoms with Crippen molar-refractivity contribution in [1.29, 1.82) is 0 Å². The third-order valence-corrected chi connectivity index (χ3v) is 13.3. The van der Waals surface area contributed by atoms with Crippen LogP contribution in [0.3, 0.4) is 0 Å². The van der Waals surface area contributed by atoms with Gasteiger partial charge in [0.15, 0.2) is 0 Å². The number of carbonyl (C=O) groups is 8. The molecule has 6 aliphatic heterocycles. The van der Waals surface area contributed by atoms with E-state index >= 15 is 0 Å². The van der Waals surface area contributed by atoms with Crippen molar-refractivity contribution < 1.29 is 52.2 Å². The minimum Gasteiger partial charge on any atom is -0.483 e. The zero-order valence-corrected chi connectivity index (χ0v) is 38.7. The maximum atomic E-state index is 13.1. The maximum absolute atomic E-state index is 13.1. The van der Waals surface area contributed by atoms with Crippen molar-refractivity contribution in [3.63, 3.8) is 0 Å². The summed E-state index contributed by atoms with van der Waals surface area (Å²) in [6, 6.07) is 23.1. The van der Waals surface area contributed by atoms with Crippen LogP contribution in [0.15, 0.2) is 84.9 Å². The smallest absolute Gasteiger partial charge is 0.290 e. The average Bonchev–Trinajstić information content (AvgIpc) is 3.85. The summed E-state index contributed by atoms with van der Waals surface area (Å²) in [6.45, 7) is 5.45. The van der Waals surface area contributed by atoms with Gasteiger partial charge in [-0.25, -0.2) is 8.78 Å². The molecule has 2 unspecified atom stereocenters. The van der Waals surface area contributed by atoms with Crippen LogP contribution in [0.1, 0.15) is 130 Å². The van der Waals surface area contributed by atoms with E-state index in [0.717, 1.165) is 75.1 Å². The number of fused-ring (bicyclic) bond motifs is 2. The summed E-state index contributed by atoms with van der Waals surface area (Å²) in [6.07, 6.45) is 6.31. The predicted octanol–water partition coefficient (Wildman–Crippen LogP) is 6.28. The van der Waals surface area contributed by atoms with Gasteiger partial charge in [0, 0.05) is 49.2 Å². The second-order valence-corrected chi connectivity index (χ2v) is 17.6. The lowest BCUT2D eigenvalue weighted by Crippen LogP contribution is -2.52. The number of rotatable bonds is 7. The number of carbonyl (C=O) groups excluding carboxylic acids is 7. The number of likely N-dealkylation sites (tertiary alicyclic amines) is 1. The van der Waals surface area contributed by atoms with Crippen molar-refractivity contribution in [3.05, 3.63) is 141 Å². The molecule has 6 amide bonds. The molecule has 18 heteroatoms. The number of hydrogen-bond acceptors (Lipinski definition) is 10. The number of amides is 6. The highest BCUT2D eigenvalue weighted by molar-refractivity contribution is 6.06. The molecule has 4 saturated heterocycles. The Morgan fingerprint density at radius 1 is 0.600 bits per heavy atom. The molecule has 4 aromatic rings. The van der Waals surface area contributed by atoms with Gasteiger partial charge in [-0.2, -0.15) is 0 Å². The monoisotopic (exact) mass is 984 g/mol. The maximum Gasteiger partial charge on any atom is 0.290 e. The van der Waals surface area contributed by atoms with E-state index in [9.17, 15) is 42.3 Å². The molecular formula is C52H59ClF2N6O9. The first-order chi connectivity index (χ1) is 32.8. The Hall–Kier alpha value is -6.69. The molecule has 4 N–H and O–H groups in total. The molecule has 6 heterocycles. The fourth-order valence-electron chi connectivity index (χ4n) is 9.67. The third-order valence-electron chi connectivity index (χ3n) is 13.3. The second-order valence-electron chi connectivity index (χ2n) is 17.6. The van der Waals surface area contributed by atoms with Crippen molar-refractivity contribution >= 4 is 60.6 Å². The molecule has 4 fully saturated rings. The van der Waals surface area contributed by atoms with Gasteiger partial charge in [-0.3, -0.25) is 53.9 Å². The first kappa shape index (κ1) is 54.3. The topological polar surface area (TPSA) is 203 Å². The number of piperidine rings is 4. The van der Waals surface area contributed by atoms with Gasteiger partial charge < -0.3 is 20.2 Å². The molecule has 0 spiro atoms. The van der Waals surface area contributed by atoms with Gasteiger partial charge in [0.1, 0.15) is 30.0 Å². The third kappa shape index (κ3) is 13.3. The number of carboxylic acid groups (broad SMARTS) is 1. The second kappa shape index (κ2) is 25.3. The number of imide groups is 2. The van der Waals surface area contributed by atoms with E-state index < -0.39 is 12.1 Å². The van der Waals surface area contributed by atoms with Crippen molar-refractivity contribution in [3.8, 4) is 0 Å². The van der Waals surface area contributed by atoms with Crippen LogP contribution in [0, 0.1) is 11.6 Å². The molecule has 0 saturated carbocycles. The fraction of sp³-hybridized carbons (Fsp3) is 0.385. The summed E-state index contributed by atoms with van der Waals surface area (Å²) >= 11 is 0. The van der Waals surface area contributed by atoms with Crippen LogP contribution < -0.4 is 16.0 Å². The van der Waals surface area contributed by atoms with Gasteiger partial charge in [-0.05, 0) is 153 Å². The molecule has 10 rings (SSSR count). The van der Waals surface area contributed by atoms with E-state index in [-0.39, 0.29) is 86.2 Å². The minimum atomic E-state index is -0.578. The van der Waals surface area contributed by atoms with Gasteiger partial charge >= 0.3 is 0 Å². The summed E-state index contributed by atoms with van der Waals surface area (Å²) in [5.41, 5.74) is 7.46. The zero-order chi connectivity index (χ0) is 48.3. The zero-order valence-electron chi connectivity index (χ0n) is 37.9. The van der Waals surface area contributed by atoms with E-state index in [2.05, 4.69) is 39.0 Å². The minimum absolute atomic E-state index is 0. The molecule has 70 heavy (non-hydrogen) atoms. The molecule has 4 aromatic carbocycles. The number of nitrogens with zero attached hydrogens (tertiary/aromatic N) is 3. The SMILES string of the molecule is C.Cl.O=C1CCC(N2Cc3cc(C4CCN(Cc5ccc(F)cc5)CC4)ccc3C2=O)C(=O)N1.O=C1CCC(N2Cc3cc(C4CCNCC4)ccc3C2=O)C(=O)N1.O=CO.O=Cc1ccc(F)cc1. The lowest BCUT2D eigenvalue weighted by Gasteiger charge is -2.32. The van der Waals surface area contributed by atoms with Crippen molar-refractivity contribution in [2.24, 2.45) is 0 Å². The molecular weight excluding hydrogens is 926 g/mol. The Morgan fingerprint density at radius 2 is 1.03 bits per heavy atom. The van der Waals surface area contributed by atoms with Crippen LogP contribution in [0.25, 0.3) is 0 Å². The average molecular weight is 986 g/mol. The summed E-state index contributed by atoms with van der Waals surface area (Å²) in [5.74, 6) is -1.05. The Bertz CT molecular complexity index is 2530. The molecule has 0 radical (unpaired) electrons. The van der Waals surface area contributed by atoms with Crippen LogP contribution in [0.4, 0.5) is 8.78 Å². The molecule has 2 atom stereocenters. The van der Waals surface area contributed by atoms with E-state index in [1.807, 2.05) is 30.3 Å². The lowest BCUT2D eigenvalue weighted by atomic mass is 9.87. The number of halogens is 3. The molecule has 0 bridgehead atoms. The largest absolute Gasteiger partial charge is 0.483 e. The van der Waals surface area contributed by atoms with Gasteiger partial charge in [0.2, 0.25) is 23.6 Å². The molecule has 0 aliphatic carbocycles. The Morgan fingerprint density at radius 3 is 1.46 bits per heavy atom. The van der Waals surface area contributed by atoms with Crippen molar-refractivity contribution in [2.75, 3.05) is 26.2 Å². The van der Waals surface area contributed by atoms with Crippen LogP contribution in [-0.4, -0.2) is 106 Å². The Balaban J connectivity index is 0.000000211. The first-order valence-electron chi connectivity index (χ1n) is 22.9. The summed E-state index contributed by atoms with van der Waals surface area (Å²) in [5, 5.41) is 14.9. The molecule has 6 aliphatic rings. The summed E-state index contributed by atoms with van der Waals surface area (Å²) in [7, 11) is 0. The van der Waals surface area contributed by atoms with E-state index in [4.69, 9.17) is 9.90 Å². The predicted molar refractivity (Wildman–Crippen MR) is 258 cm³/mol. The van der Waals surface area contributed by atoms with Crippen LogP contribution in [0.2, 0.25) is 0 Å². The molecule has 15 nitrogen and oxygen atoms in total. The molecule has 372 valence electrons. The lowest BCUT2D eigenvalue weighted by molar-refractivity contribution is -0.138. The highest BCUT2D eigenvalue weighted by atomic mass is 35.5. The molecule has 0 aromatic heterocycles.